The number of piperidine rings is 1. The summed E-state index contributed by atoms with van der Waals surface area (Å²) in [5, 5.41) is 8.54. The molecule has 1 aliphatic heterocycles. The number of nitrogens with zero attached hydrogens (tertiary/aromatic N) is 5. The Kier molecular flexibility index (Phi) is 6.86. The molecule has 2 aliphatic rings. The van der Waals surface area contributed by atoms with Gasteiger partial charge in [-0.25, -0.2) is 19.4 Å². The second kappa shape index (κ2) is 9.90. The minimum Gasteiger partial charge on any atom is -0.465 e. The van der Waals surface area contributed by atoms with Gasteiger partial charge in [0.05, 0.1) is 16.6 Å². The number of nitrogens with one attached hydrogen (secondary N) is 2. The van der Waals surface area contributed by atoms with Gasteiger partial charge in [-0.05, 0) is 54.5 Å². The van der Waals surface area contributed by atoms with Crippen LogP contribution in [0.2, 0.25) is 5.02 Å². The summed E-state index contributed by atoms with van der Waals surface area (Å²) in [6, 6.07) is 0.0124. The van der Waals surface area contributed by atoms with Crippen LogP contribution in [0.4, 0.5) is 5.13 Å². The van der Waals surface area contributed by atoms with Crippen LogP contribution in [0.1, 0.15) is 51.5 Å². The third-order valence-electron chi connectivity index (χ3n) is 6.32. The van der Waals surface area contributed by atoms with E-state index in [1.54, 1.807) is 0 Å². The lowest BCUT2D eigenvalue weighted by Crippen LogP contribution is -2.44. The maximum absolute atomic E-state index is 12.7. The third-order valence-corrected chi connectivity index (χ3v) is 9.02. The maximum Gasteiger partial charge on any atom is 0.350 e. The van der Waals surface area contributed by atoms with E-state index in [0.29, 0.717) is 50.6 Å². The number of halogens is 2. The standard InChI is InChI=1S/C22H25BrClN7O3S/c1-11-14(23)15(24)16(27-11)20(32)28-13-5-7-30(8-6-13)22-29-17(18(35-22)21(33)34-2)19-25-10-26-31(19)9-12-3-4-12/h10,12-13,27H,3-9H2,1-2H3,(H,28,32). The summed E-state index contributed by atoms with van der Waals surface area (Å²) in [4.78, 5) is 40.0. The van der Waals surface area contributed by atoms with Crippen LogP contribution in [0.25, 0.3) is 11.5 Å². The Morgan fingerprint density at radius 2 is 2.06 bits per heavy atom. The predicted molar refractivity (Wildman–Crippen MR) is 136 cm³/mol. The van der Waals surface area contributed by atoms with Crippen LogP contribution in [0, 0.1) is 12.8 Å². The average Bonchev–Trinajstić information content (AvgIpc) is 3.27. The Bertz CT molecular complexity index is 1260. The van der Waals surface area contributed by atoms with Crippen LogP contribution in [-0.2, 0) is 11.3 Å². The molecule has 2 fully saturated rings. The number of methoxy groups -OCH3 is 1. The van der Waals surface area contributed by atoms with E-state index in [2.05, 4.69) is 41.2 Å². The molecule has 0 unspecified atom stereocenters. The topological polar surface area (TPSA) is 118 Å². The monoisotopic (exact) mass is 581 g/mol. The molecule has 35 heavy (non-hydrogen) atoms. The molecule has 0 bridgehead atoms. The lowest BCUT2D eigenvalue weighted by Gasteiger charge is -2.32. The molecule has 0 atom stereocenters. The van der Waals surface area contributed by atoms with Crippen molar-refractivity contribution in [2.45, 2.75) is 45.2 Å². The van der Waals surface area contributed by atoms with E-state index in [4.69, 9.17) is 21.3 Å². The zero-order chi connectivity index (χ0) is 24.7. The predicted octanol–water partition coefficient (Wildman–Crippen LogP) is 4.05. The highest BCUT2D eigenvalue weighted by Crippen LogP contribution is 2.36. The molecule has 3 aromatic rings. The lowest BCUT2D eigenvalue weighted by molar-refractivity contribution is 0.0606. The average molecular weight is 583 g/mol. The number of amides is 1. The number of anilines is 1. The molecule has 1 amide bonds. The summed E-state index contributed by atoms with van der Waals surface area (Å²) >= 11 is 11.0. The smallest absolute Gasteiger partial charge is 0.350 e. The van der Waals surface area contributed by atoms with Crippen molar-refractivity contribution >= 4 is 55.9 Å². The Labute approximate surface area is 219 Å². The van der Waals surface area contributed by atoms with Gasteiger partial charge in [0.2, 0.25) is 0 Å². The summed E-state index contributed by atoms with van der Waals surface area (Å²) in [5.74, 6) is 0.541. The highest BCUT2D eigenvalue weighted by Gasteiger charge is 2.30. The van der Waals surface area contributed by atoms with Gasteiger partial charge in [0.25, 0.3) is 5.91 Å². The van der Waals surface area contributed by atoms with Gasteiger partial charge in [0.1, 0.15) is 22.6 Å². The molecule has 13 heteroatoms. The molecule has 2 N–H and O–H groups in total. The summed E-state index contributed by atoms with van der Waals surface area (Å²) in [6.07, 6.45) is 5.35. The number of aromatic amines is 1. The molecule has 0 radical (unpaired) electrons. The summed E-state index contributed by atoms with van der Waals surface area (Å²) in [7, 11) is 1.37. The van der Waals surface area contributed by atoms with Crippen LogP contribution in [-0.4, -0.2) is 62.9 Å². The zero-order valence-corrected chi connectivity index (χ0v) is 22.5. The molecule has 1 saturated heterocycles. The molecule has 186 valence electrons. The number of thiazole rings is 1. The van der Waals surface area contributed by atoms with Gasteiger partial charge in [0.15, 0.2) is 11.0 Å². The van der Waals surface area contributed by atoms with Gasteiger partial charge in [0, 0.05) is 31.4 Å². The number of hydrogen-bond acceptors (Lipinski definition) is 8. The summed E-state index contributed by atoms with van der Waals surface area (Å²) in [5.41, 5.74) is 1.68. The number of aryl methyl sites for hydroxylation is 1. The number of hydrogen-bond donors (Lipinski definition) is 2. The van der Waals surface area contributed by atoms with Gasteiger partial charge in [-0.2, -0.15) is 5.10 Å². The first-order chi connectivity index (χ1) is 16.9. The third kappa shape index (κ3) is 4.96. The largest absolute Gasteiger partial charge is 0.465 e. The highest BCUT2D eigenvalue weighted by molar-refractivity contribution is 9.10. The Hall–Kier alpha value is -2.44. The molecular weight excluding hydrogens is 558 g/mol. The molecule has 3 aromatic heterocycles. The van der Waals surface area contributed by atoms with Gasteiger partial charge in [-0.1, -0.05) is 22.9 Å². The highest BCUT2D eigenvalue weighted by atomic mass is 79.9. The van der Waals surface area contributed by atoms with Crippen molar-refractivity contribution in [1.82, 2.24) is 30.0 Å². The number of rotatable bonds is 7. The quantitative estimate of drug-likeness (QED) is 0.404. The molecular formula is C22H25BrClN7O3S. The van der Waals surface area contributed by atoms with E-state index in [1.165, 1.54) is 37.6 Å². The van der Waals surface area contributed by atoms with Gasteiger partial charge >= 0.3 is 5.97 Å². The van der Waals surface area contributed by atoms with Crippen molar-refractivity contribution in [2.24, 2.45) is 5.92 Å². The SMILES string of the molecule is COC(=O)c1sc(N2CCC(NC(=O)c3[nH]c(C)c(Br)c3Cl)CC2)nc1-c1ncnn1CC1CC1. The van der Waals surface area contributed by atoms with E-state index < -0.39 is 5.97 Å². The first-order valence-corrected chi connectivity index (χ1v) is 13.4. The van der Waals surface area contributed by atoms with Crippen LogP contribution < -0.4 is 10.2 Å². The first-order valence-electron chi connectivity index (χ1n) is 11.4. The van der Waals surface area contributed by atoms with E-state index in [1.807, 2.05) is 11.6 Å². The summed E-state index contributed by atoms with van der Waals surface area (Å²) in [6.45, 7) is 4.00. The maximum atomic E-state index is 12.7. The molecule has 0 aromatic carbocycles. The van der Waals surface area contributed by atoms with Crippen LogP contribution in [0.3, 0.4) is 0 Å². The molecule has 0 spiro atoms. The minimum absolute atomic E-state index is 0.0124. The number of ether oxygens (including phenoxy) is 1. The molecule has 1 aliphatic carbocycles. The Morgan fingerprint density at radius 1 is 1.31 bits per heavy atom. The van der Waals surface area contributed by atoms with E-state index in [0.717, 1.165) is 30.2 Å². The van der Waals surface area contributed by atoms with Crippen molar-refractivity contribution < 1.29 is 14.3 Å². The summed E-state index contributed by atoms with van der Waals surface area (Å²) < 4.78 is 7.55. The number of aromatic nitrogens is 5. The van der Waals surface area contributed by atoms with Crippen LogP contribution in [0.15, 0.2) is 10.8 Å². The van der Waals surface area contributed by atoms with Crippen LogP contribution in [0.5, 0.6) is 0 Å². The first kappa shape index (κ1) is 24.3. The van der Waals surface area contributed by atoms with Gasteiger partial charge in [-0.3, -0.25) is 4.79 Å². The van der Waals surface area contributed by atoms with Crippen molar-refractivity contribution in [3.8, 4) is 11.5 Å². The van der Waals surface area contributed by atoms with Crippen molar-refractivity contribution in [3.05, 3.63) is 32.1 Å². The van der Waals surface area contributed by atoms with Crippen molar-refractivity contribution in [3.63, 3.8) is 0 Å². The Balaban J connectivity index is 1.29. The van der Waals surface area contributed by atoms with Crippen molar-refractivity contribution in [1.29, 1.82) is 0 Å². The minimum atomic E-state index is -0.434. The normalized spacial score (nSPS) is 16.5. The molecule has 5 rings (SSSR count). The van der Waals surface area contributed by atoms with Gasteiger partial charge < -0.3 is 19.9 Å². The number of carbonyl (C=O) groups is 2. The fourth-order valence-corrected chi connectivity index (χ4v) is 5.76. The van der Waals surface area contributed by atoms with E-state index in [-0.39, 0.29) is 11.9 Å². The number of H-pyrrole nitrogens is 1. The van der Waals surface area contributed by atoms with E-state index in [9.17, 15) is 9.59 Å². The van der Waals surface area contributed by atoms with Crippen molar-refractivity contribution in [2.75, 3.05) is 25.1 Å². The molecule has 4 heterocycles. The van der Waals surface area contributed by atoms with Gasteiger partial charge in [-0.15, -0.1) is 0 Å². The fraction of sp³-hybridized carbons (Fsp3) is 0.500. The second-order valence-corrected chi connectivity index (χ2v) is 11.0. The number of esters is 1. The zero-order valence-electron chi connectivity index (χ0n) is 19.3. The lowest BCUT2D eigenvalue weighted by atomic mass is 10.1. The van der Waals surface area contributed by atoms with Crippen LogP contribution >= 0.6 is 38.9 Å². The Morgan fingerprint density at radius 3 is 2.69 bits per heavy atom. The van der Waals surface area contributed by atoms with E-state index >= 15 is 0 Å². The molecule has 10 nitrogen and oxygen atoms in total. The second-order valence-electron chi connectivity index (χ2n) is 8.86. The number of carbonyl (C=O) groups excluding carboxylic acids is 2. The fourth-order valence-electron chi connectivity index (χ4n) is 4.15. The molecule has 1 saturated carbocycles.